The van der Waals surface area contributed by atoms with Crippen LogP contribution in [0.5, 0.6) is 0 Å². The van der Waals surface area contributed by atoms with Crippen LogP contribution in [0, 0.1) is 15.0 Å². The van der Waals surface area contributed by atoms with Crippen LogP contribution >= 0.6 is 12.2 Å². The van der Waals surface area contributed by atoms with Crippen LogP contribution in [0.15, 0.2) is 52.9 Å². The van der Waals surface area contributed by atoms with E-state index in [1.54, 1.807) is 22.8 Å². The van der Waals surface area contributed by atoms with Gasteiger partial charge >= 0.3 is 0 Å². The zero-order chi connectivity index (χ0) is 14.1. The van der Waals surface area contributed by atoms with Gasteiger partial charge in [0.2, 0.25) is 0 Å². The number of hydrogen-bond donors (Lipinski definition) is 0. The Bertz CT molecular complexity index is 851. The van der Waals surface area contributed by atoms with Gasteiger partial charge < -0.3 is 4.42 Å². The lowest BCUT2D eigenvalue weighted by molar-refractivity contribution is -0.385. The predicted molar refractivity (Wildman–Crippen MR) is 77.2 cm³/mol. The van der Waals surface area contributed by atoms with E-state index in [1.165, 1.54) is 6.07 Å². The van der Waals surface area contributed by atoms with E-state index in [0.717, 1.165) is 5.52 Å². The summed E-state index contributed by atoms with van der Waals surface area (Å²) >= 11 is 5.19. The van der Waals surface area contributed by atoms with Crippen molar-refractivity contribution in [2.24, 2.45) is 0 Å². The highest BCUT2D eigenvalue weighted by atomic mass is 32.1. The zero-order valence-corrected chi connectivity index (χ0v) is 11.2. The third-order valence-electron chi connectivity index (χ3n) is 3.09. The summed E-state index contributed by atoms with van der Waals surface area (Å²) in [4.78, 5) is 11.0. The van der Waals surface area contributed by atoms with Gasteiger partial charge in [-0.25, -0.2) is 0 Å². The van der Waals surface area contributed by atoms with Crippen LogP contribution in [0.4, 0.5) is 5.69 Å². The van der Waals surface area contributed by atoms with Crippen molar-refractivity contribution in [2.45, 2.75) is 6.54 Å². The highest BCUT2D eigenvalue weighted by molar-refractivity contribution is 7.71. The first-order valence-corrected chi connectivity index (χ1v) is 6.38. The molecule has 0 saturated carbocycles. The summed E-state index contributed by atoms with van der Waals surface area (Å²) in [5.74, 6) is 0. The molecule has 0 spiro atoms. The molecular formula is C14H10N2O3S. The van der Waals surface area contributed by atoms with E-state index in [1.807, 2.05) is 24.3 Å². The highest BCUT2D eigenvalue weighted by Gasteiger charge is 2.15. The van der Waals surface area contributed by atoms with Gasteiger partial charge in [-0.2, -0.15) is 0 Å². The maximum atomic E-state index is 11.0. The molecule has 0 bridgehead atoms. The summed E-state index contributed by atoms with van der Waals surface area (Å²) in [6.45, 7) is 0.312. The lowest BCUT2D eigenvalue weighted by atomic mass is 10.2. The Morgan fingerprint density at radius 2 is 1.85 bits per heavy atom. The molecule has 0 radical (unpaired) electrons. The summed E-state index contributed by atoms with van der Waals surface area (Å²) in [5, 5.41) is 11.0. The van der Waals surface area contributed by atoms with Crippen LogP contribution in [0.2, 0.25) is 0 Å². The standard InChI is InChI=1S/C14H10N2O3S/c17-16(18)11-6-2-1-5-10(11)9-15-12-7-3-4-8-13(12)19-14(15)20/h1-8H,9H2. The summed E-state index contributed by atoms with van der Waals surface area (Å²) in [6, 6.07) is 14.1. The number of nitro benzene ring substituents is 1. The predicted octanol–water partition coefficient (Wildman–Crippen LogP) is 3.92. The number of nitro groups is 1. The van der Waals surface area contributed by atoms with Gasteiger partial charge in [0.1, 0.15) is 0 Å². The van der Waals surface area contributed by atoms with Crippen molar-refractivity contribution in [3.63, 3.8) is 0 Å². The molecule has 0 N–H and O–H groups in total. The molecular weight excluding hydrogens is 276 g/mol. The van der Waals surface area contributed by atoms with Gasteiger partial charge in [-0.1, -0.05) is 30.3 Å². The van der Waals surface area contributed by atoms with Crippen LogP contribution in [0.25, 0.3) is 11.1 Å². The maximum Gasteiger partial charge on any atom is 0.274 e. The van der Waals surface area contributed by atoms with E-state index in [2.05, 4.69) is 0 Å². The van der Waals surface area contributed by atoms with Gasteiger partial charge in [-0.05, 0) is 24.4 Å². The largest absolute Gasteiger partial charge is 0.429 e. The Hall–Kier alpha value is -2.47. The number of para-hydroxylation sites is 3. The van der Waals surface area contributed by atoms with E-state index in [0.29, 0.717) is 22.5 Å². The van der Waals surface area contributed by atoms with Gasteiger partial charge in [0.05, 0.1) is 17.0 Å². The molecule has 20 heavy (non-hydrogen) atoms. The smallest absolute Gasteiger partial charge is 0.274 e. The molecule has 1 heterocycles. The summed E-state index contributed by atoms with van der Waals surface area (Å²) in [5.41, 5.74) is 2.19. The Balaban J connectivity index is 2.13. The lowest BCUT2D eigenvalue weighted by Crippen LogP contribution is -2.02. The summed E-state index contributed by atoms with van der Waals surface area (Å²) in [6.07, 6.45) is 0. The quantitative estimate of drug-likeness (QED) is 0.416. The molecule has 2 aromatic carbocycles. The average molecular weight is 286 g/mol. The molecule has 0 fully saturated rings. The number of oxazole rings is 1. The fraction of sp³-hybridized carbons (Fsp3) is 0.0714. The summed E-state index contributed by atoms with van der Waals surface area (Å²) < 4.78 is 7.24. The minimum atomic E-state index is -0.388. The first-order valence-electron chi connectivity index (χ1n) is 5.97. The van der Waals surface area contributed by atoms with Crippen molar-refractivity contribution in [1.29, 1.82) is 0 Å². The number of fused-ring (bicyclic) bond motifs is 1. The van der Waals surface area contributed by atoms with E-state index in [-0.39, 0.29) is 10.6 Å². The molecule has 5 nitrogen and oxygen atoms in total. The van der Waals surface area contributed by atoms with Crippen molar-refractivity contribution in [1.82, 2.24) is 4.57 Å². The third kappa shape index (κ3) is 2.10. The normalized spacial score (nSPS) is 10.8. The van der Waals surface area contributed by atoms with Crippen LogP contribution in [0.1, 0.15) is 5.56 Å². The van der Waals surface area contributed by atoms with Crippen molar-refractivity contribution < 1.29 is 9.34 Å². The van der Waals surface area contributed by atoms with Crippen LogP contribution in [0.3, 0.4) is 0 Å². The fourth-order valence-electron chi connectivity index (χ4n) is 2.16. The van der Waals surface area contributed by atoms with Crippen molar-refractivity contribution >= 4 is 29.0 Å². The minimum Gasteiger partial charge on any atom is -0.429 e. The fourth-order valence-corrected chi connectivity index (χ4v) is 2.41. The highest BCUT2D eigenvalue weighted by Crippen LogP contribution is 2.23. The molecule has 0 aliphatic heterocycles. The van der Waals surface area contributed by atoms with E-state index in [4.69, 9.17) is 16.6 Å². The average Bonchev–Trinajstić information content (AvgIpc) is 2.76. The topological polar surface area (TPSA) is 61.2 Å². The summed E-state index contributed by atoms with van der Waals surface area (Å²) in [7, 11) is 0. The number of nitrogens with zero attached hydrogens (tertiary/aromatic N) is 2. The van der Waals surface area contributed by atoms with Crippen LogP contribution in [-0.4, -0.2) is 9.49 Å². The SMILES string of the molecule is O=[N+]([O-])c1ccccc1Cn1c(=S)oc2ccccc21. The number of aromatic nitrogens is 1. The number of hydrogen-bond acceptors (Lipinski definition) is 4. The second kappa shape index (κ2) is 4.90. The van der Waals surface area contributed by atoms with Crippen molar-refractivity contribution in [2.75, 3.05) is 0 Å². The first-order chi connectivity index (χ1) is 9.66. The molecule has 3 rings (SSSR count). The molecule has 0 unspecified atom stereocenters. The number of benzene rings is 2. The molecule has 3 aromatic rings. The lowest BCUT2D eigenvalue weighted by Gasteiger charge is -2.04. The molecule has 0 saturated heterocycles. The van der Waals surface area contributed by atoms with E-state index < -0.39 is 0 Å². The monoisotopic (exact) mass is 286 g/mol. The van der Waals surface area contributed by atoms with Crippen LogP contribution < -0.4 is 0 Å². The van der Waals surface area contributed by atoms with Crippen molar-refractivity contribution in [3.8, 4) is 0 Å². The van der Waals surface area contributed by atoms with E-state index >= 15 is 0 Å². The molecule has 0 aliphatic rings. The Labute approximate surface area is 119 Å². The molecule has 6 heteroatoms. The Kier molecular flexibility index (Phi) is 3.08. The maximum absolute atomic E-state index is 11.0. The van der Waals surface area contributed by atoms with Gasteiger partial charge in [-0.3, -0.25) is 14.7 Å². The Morgan fingerprint density at radius 3 is 2.65 bits per heavy atom. The van der Waals surface area contributed by atoms with Gasteiger partial charge in [0.25, 0.3) is 10.5 Å². The third-order valence-corrected chi connectivity index (χ3v) is 3.39. The van der Waals surface area contributed by atoms with Gasteiger partial charge in [-0.15, -0.1) is 0 Å². The number of rotatable bonds is 3. The molecule has 100 valence electrons. The van der Waals surface area contributed by atoms with Gasteiger partial charge in [0.15, 0.2) is 5.58 Å². The van der Waals surface area contributed by atoms with Crippen LogP contribution in [-0.2, 0) is 6.54 Å². The molecule has 0 aliphatic carbocycles. The Morgan fingerprint density at radius 1 is 1.15 bits per heavy atom. The van der Waals surface area contributed by atoms with E-state index in [9.17, 15) is 10.1 Å². The molecule has 0 amide bonds. The van der Waals surface area contributed by atoms with Gasteiger partial charge in [0, 0.05) is 11.6 Å². The van der Waals surface area contributed by atoms with Crippen molar-refractivity contribution in [3.05, 3.63) is 69.0 Å². The first kappa shape index (κ1) is 12.6. The zero-order valence-electron chi connectivity index (χ0n) is 10.4. The molecule has 0 atom stereocenters. The molecule has 1 aromatic heterocycles. The second-order valence-electron chi connectivity index (χ2n) is 4.31. The second-order valence-corrected chi connectivity index (χ2v) is 4.66. The minimum absolute atomic E-state index is 0.0830.